The van der Waals surface area contributed by atoms with Crippen LogP contribution in [0.15, 0.2) is 0 Å². The Bertz CT molecular complexity index is 129. The van der Waals surface area contributed by atoms with Gasteiger partial charge in [0.05, 0.1) is 17.6 Å². The molecule has 1 nitrogen and oxygen atoms in total. The Morgan fingerprint density at radius 3 is 1.20 bits per heavy atom. The molecule has 2 unspecified atom stereocenters. The van der Waals surface area contributed by atoms with Crippen LogP contribution in [0.25, 0.3) is 0 Å². The van der Waals surface area contributed by atoms with E-state index in [0.717, 1.165) is 0 Å². The fourth-order valence-corrected chi connectivity index (χ4v) is 6.38. The van der Waals surface area contributed by atoms with Crippen molar-refractivity contribution in [2.45, 2.75) is 77.2 Å². The summed E-state index contributed by atoms with van der Waals surface area (Å²) in [5.41, 5.74) is 1.08. The van der Waals surface area contributed by atoms with Crippen LogP contribution in [0, 0.1) is 0 Å². The molecular formula is C12H28OSi2. The van der Waals surface area contributed by atoms with E-state index in [1.54, 1.807) is 0 Å². The number of rotatable bonds is 8. The van der Waals surface area contributed by atoms with Crippen molar-refractivity contribution < 1.29 is 4.74 Å². The lowest BCUT2D eigenvalue weighted by Crippen LogP contribution is -2.38. The Balaban J connectivity index is 4.08. The Morgan fingerprint density at radius 1 is 0.733 bits per heavy atom. The van der Waals surface area contributed by atoms with Crippen molar-refractivity contribution in [2.24, 2.45) is 0 Å². The fraction of sp³-hybridized carbons (Fsp3) is 1.00. The topological polar surface area (TPSA) is 9.23 Å². The lowest BCUT2D eigenvalue weighted by atomic mass is 10.8. The predicted molar refractivity (Wildman–Crippen MR) is 73.4 cm³/mol. The zero-order chi connectivity index (χ0) is 11.8. The molecule has 0 spiro atoms. The minimum Gasteiger partial charge on any atom is -0.383 e. The summed E-state index contributed by atoms with van der Waals surface area (Å²) < 4.78 is 6.23. The first-order valence-electron chi connectivity index (χ1n) is 6.45. The highest BCUT2D eigenvalue weighted by Gasteiger charge is 2.22. The maximum absolute atomic E-state index is 6.23. The summed E-state index contributed by atoms with van der Waals surface area (Å²) in [5.74, 6) is 0. The zero-order valence-corrected chi connectivity index (χ0v) is 13.4. The van der Waals surface area contributed by atoms with Gasteiger partial charge in [-0.3, -0.25) is 0 Å². The molecule has 0 aromatic rings. The van der Waals surface area contributed by atoms with Gasteiger partial charge >= 0.3 is 0 Å². The van der Waals surface area contributed by atoms with E-state index in [1.165, 1.54) is 24.2 Å². The monoisotopic (exact) mass is 244 g/mol. The quantitative estimate of drug-likeness (QED) is 0.588. The average Bonchev–Trinajstić information content (AvgIpc) is 2.21. The van der Waals surface area contributed by atoms with Gasteiger partial charge in [0, 0.05) is 11.5 Å². The molecule has 2 radical (unpaired) electrons. The van der Waals surface area contributed by atoms with Crippen molar-refractivity contribution in [1.29, 1.82) is 0 Å². The molecule has 0 aliphatic carbocycles. The molecule has 15 heavy (non-hydrogen) atoms. The van der Waals surface area contributed by atoms with Gasteiger partial charge in [0.15, 0.2) is 0 Å². The third kappa shape index (κ3) is 5.32. The minimum absolute atomic E-state index is 0.251. The highest BCUT2D eigenvalue weighted by molar-refractivity contribution is 6.61. The number of hydrogen-bond donors (Lipinski definition) is 0. The molecule has 0 aromatic carbocycles. The third-order valence-electron chi connectivity index (χ3n) is 3.37. The molecule has 3 heteroatoms. The van der Waals surface area contributed by atoms with Gasteiger partial charge in [0.2, 0.25) is 0 Å². The molecule has 0 amide bonds. The second kappa shape index (κ2) is 8.53. The van der Waals surface area contributed by atoms with Gasteiger partial charge in [-0.1, -0.05) is 51.9 Å². The number of ether oxygens (including phenoxy) is 1. The van der Waals surface area contributed by atoms with Crippen LogP contribution in [0.3, 0.4) is 0 Å². The first-order chi connectivity index (χ1) is 7.10. The van der Waals surface area contributed by atoms with E-state index in [9.17, 15) is 0 Å². The van der Waals surface area contributed by atoms with Gasteiger partial charge in [0.25, 0.3) is 0 Å². The maximum atomic E-state index is 6.23. The van der Waals surface area contributed by atoms with Gasteiger partial charge in [-0.15, -0.1) is 0 Å². The van der Waals surface area contributed by atoms with Crippen molar-refractivity contribution >= 4 is 17.6 Å². The van der Waals surface area contributed by atoms with E-state index in [4.69, 9.17) is 4.74 Å². The largest absolute Gasteiger partial charge is 0.383 e. The lowest BCUT2D eigenvalue weighted by molar-refractivity contribution is 0.0927. The SMILES string of the molecule is CC[Si](CC)C(C)OC(C)[Si](CC)CC. The van der Waals surface area contributed by atoms with E-state index >= 15 is 0 Å². The van der Waals surface area contributed by atoms with Crippen LogP contribution in [0.4, 0.5) is 0 Å². The van der Waals surface area contributed by atoms with Crippen LogP contribution in [-0.4, -0.2) is 29.0 Å². The van der Waals surface area contributed by atoms with Crippen molar-refractivity contribution in [3.8, 4) is 0 Å². The molecule has 0 aromatic heterocycles. The molecule has 2 atom stereocenters. The van der Waals surface area contributed by atoms with Crippen LogP contribution < -0.4 is 0 Å². The van der Waals surface area contributed by atoms with Crippen molar-refractivity contribution in [3.05, 3.63) is 0 Å². The normalized spacial score (nSPS) is 16.0. The van der Waals surface area contributed by atoms with Gasteiger partial charge in [0.1, 0.15) is 0 Å². The second-order valence-electron chi connectivity index (χ2n) is 4.15. The van der Waals surface area contributed by atoms with Crippen molar-refractivity contribution in [3.63, 3.8) is 0 Å². The minimum atomic E-state index is -0.251. The van der Waals surface area contributed by atoms with Crippen LogP contribution in [-0.2, 0) is 4.74 Å². The fourth-order valence-electron chi connectivity index (χ4n) is 2.15. The maximum Gasteiger partial charge on any atom is 0.0838 e. The van der Waals surface area contributed by atoms with E-state index < -0.39 is 0 Å². The van der Waals surface area contributed by atoms with E-state index in [1.807, 2.05) is 0 Å². The zero-order valence-electron chi connectivity index (χ0n) is 11.4. The van der Waals surface area contributed by atoms with Crippen LogP contribution >= 0.6 is 0 Å². The standard InChI is InChI=1S/C12H28OSi2/c1-7-14(8-2)11(5)13-12(6)15(9-3)10-4/h11-12H,7-10H2,1-6H3. The van der Waals surface area contributed by atoms with Gasteiger partial charge in [-0.05, 0) is 13.8 Å². The predicted octanol–water partition coefficient (Wildman–Crippen LogP) is 3.93. The summed E-state index contributed by atoms with van der Waals surface area (Å²) in [4.78, 5) is 0. The average molecular weight is 245 g/mol. The van der Waals surface area contributed by atoms with Crippen LogP contribution in [0.5, 0.6) is 0 Å². The highest BCUT2D eigenvalue weighted by Crippen LogP contribution is 2.14. The molecule has 0 N–H and O–H groups in total. The molecule has 0 rings (SSSR count). The van der Waals surface area contributed by atoms with E-state index in [-0.39, 0.29) is 17.6 Å². The lowest BCUT2D eigenvalue weighted by Gasteiger charge is -2.27. The van der Waals surface area contributed by atoms with Gasteiger partial charge in [-0.2, -0.15) is 0 Å². The molecule has 0 fully saturated rings. The molecule has 0 saturated heterocycles. The Labute approximate surface area is 99.8 Å². The first-order valence-corrected chi connectivity index (χ1v) is 10.4. The summed E-state index contributed by atoms with van der Waals surface area (Å²) in [6.07, 6.45) is 0. The molecule has 0 saturated carbocycles. The van der Waals surface area contributed by atoms with Crippen molar-refractivity contribution in [2.75, 3.05) is 0 Å². The molecule has 0 heterocycles. The van der Waals surface area contributed by atoms with E-state index in [0.29, 0.717) is 11.5 Å². The van der Waals surface area contributed by atoms with E-state index in [2.05, 4.69) is 41.5 Å². The summed E-state index contributed by atoms with van der Waals surface area (Å²) in [7, 11) is -0.502. The Kier molecular flexibility index (Phi) is 8.76. The molecular weight excluding hydrogens is 216 g/mol. The van der Waals surface area contributed by atoms with Gasteiger partial charge < -0.3 is 4.74 Å². The summed E-state index contributed by atoms with van der Waals surface area (Å²) >= 11 is 0. The molecule has 0 aliphatic rings. The first kappa shape index (κ1) is 15.4. The molecule has 90 valence electrons. The van der Waals surface area contributed by atoms with Gasteiger partial charge in [-0.25, -0.2) is 0 Å². The summed E-state index contributed by atoms with van der Waals surface area (Å²) in [6, 6.07) is 5.37. The molecule has 0 aliphatic heterocycles. The third-order valence-corrected chi connectivity index (χ3v) is 9.58. The number of hydrogen-bond acceptors (Lipinski definition) is 1. The summed E-state index contributed by atoms with van der Waals surface area (Å²) in [6.45, 7) is 13.8. The Hall–Kier alpha value is 0.394. The van der Waals surface area contributed by atoms with Crippen molar-refractivity contribution in [1.82, 2.24) is 0 Å². The van der Waals surface area contributed by atoms with Crippen LogP contribution in [0.2, 0.25) is 24.2 Å². The smallest absolute Gasteiger partial charge is 0.0838 e. The molecule has 0 bridgehead atoms. The summed E-state index contributed by atoms with van der Waals surface area (Å²) in [5, 5.41) is 0. The highest BCUT2D eigenvalue weighted by atomic mass is 28.3. The second-order valence-corrected chi connectivity index (χ2v) is 11.2. The Morgan fingerprint density at radius 2 is 1.00 bits per heavy atom. The van der Waals surface area contributed by atoms with Crippen LogP contribution in [0.1, 0.15) is 41.5 Å².